The van der Waals surface area contributed by atoms with Gasteiger partial charge < -0.3 is 4.89 Å². The third kappa shape index (κ3) is 38.3. The summed E-state index contributed by atoms with van der Waals surface area (Å²) < 4.78 is 31.6. The molecule has 0 fully saturated rings. The van der Waals surface area contributed by atoms with E-state index in [1.807, 2.05) is 0 Å². The summed E-state index contributed by atoms with van der Waals surface area (Å²) in [6.45, 7) is 6.64. The molecule has 96 valence electrons. The Hall–Kier alpha value is -1.05. The lowest BCUT2D eigenvalue weighted by Gasteiger charge is -1.96. The SMILES string of the molecule is C=CCOOOOOOC=C.O=S(=O)(O)O. The standard InChI is InChI=1S/C5H8O6.H2O4S/c1-3-5-7-9-11-10-8-6-4-2;1-5(2,3)4/h3-4H,1-2,5H2;(H2,1,2,3,4). The van der Waals surface area contributed by atoms with E-state index in [9.17, 15) is 0 Å². The molecule has 0 bridgehead atoms. The highest BCUT2D eigenvalue weighted by Gasteiger charge is 1.88. The van der Waals surface area contributed by atoms with Gasteiger partial charge in [0.25, 0.3) is 0 Å². The van der Waals surface area contributed by atoms with Crippen molar-refractivity contribution in [2.24, 2.45) is 0 Å². The van der Waals surface area contributed by atoms with Crippen LogP contribution in [0.15, 0.2) is 25.5 Å². The molecule has 0 aliphatic heterocycles. The van der Waals surface area contributed by atoms with E-state index in [0.29, 0.717) is 0 Å². The van der Waals surface area contributed by atoms with Gasteiger partial charge in [-0.25, -0.2) is 0 Å². The Labute approximate surface area is 90.8 Å². The molecule has 0 radical (unpaired) electrons. The molecule has 0 heterocycles. The van der Waals surface area contributed by atoms with E-state index in [1.54, 1.807) is 0 Å². The topological polar surface area (TPSA) is 130 Å². The second-order valence-electron chi connectivity index (χ2n) is 1.56. The molecule has 0 unspecified atom stereocenters. The molecule has 0 amide bonds. The monoisotopic (exact) mass is 262 g/mol. The Morgan fingerprint density at radius 1 is 1.06 bits per heavy atom. The maximum atomic E-state index is 8.74. The van der Waals surface area contributed by atoms with E-state index in [-0.39, 0.29) is 6.61 Å². The first-order valence-electron chi connectivity index (χ1n) is 3.28. The molecule has 10 nitrogen and oxygen atoms in total. The molecule has 0 saturated carbocycles. The van der Waals surface area contributed by atoms with Crippen molar-refractivity contribution in [1.82, 2.24) is 0 Å². The molecule has 0 aliphatic rings. The van der Waals surface area contributed by atoms with Crippen LogP contribution in [0.2, 0.25) is 0 Å². The second kappa shape index (κ2) is 12.0. The van der Waals surface area contributed by atoms with Gasteiger partial charge in [-0.15, -0.1) is 6.58 Å². The fourth-order valence-corrected chi connectivity index (χ4v) is 0.162. The van der Waals surface area contributed by atoms with Crippen molar-refractivity contribution in [3.63, 3.8) is 0 Å². The minimum absolute atomic E-state index is 0.158. The van der Waals surface area contributed by atoms with Crippen LogP contribution in [0.1, 0.15) is 0 Å². The normalized spacial score (nSPS) is 9.88. The van der Waals surface area contributed by atoms with Crippen LogP contribution in [0, 0.1) is 0 Å². The quantitative estimate of drug-likeness (QED) is 0.157. The van der Waals surface area contributed by atoms with Gasteiger partial charge in [-0.1, -0.05) is 12.7 Å². The Morgan fingerprint density at radius 3 is 2.00 bits per heavy atom. The third-order valence-electron chi connectivity index (χ3n) is 0.425. The Balaban J connectivity index is 0. The van der Waals surface area contributed by atoms with Crippen molar-refractivity contribution < 1.29 is 47.5 Å². The maximum absolute atomic E-state index is 8.74. The van der Waals surface area contributed by atoms with Crippen molar-refractivity contribution in [2.45, 2.75) is 0 Å². The summed E-state index contributed by atoms with van der Waals surface area (Å²) in [5.41, 5.74) is 0. The Bertz CT molecular complexity index is 238. The summed E-state index contributed by atoms with van der Waals surface area (Å²) in [4.78, 5) is 8.24. The van der Waals surface area contributed by atoms with E-state index in [1.165, 1.54) is 6.08 Å². The molecule has 11 heteroatoms. The first-order valence-corrected chi connectivity index (χ1v) is 4.68. The number of hydrogen-bond acceptors (Lipinski definition) is 8. The largest absolute Gasteiger partial charge is 0.394 e. The minimum atomic E-state index is -4.67. The van der Waals surface area contributed by atoms with E-state index >= 15 is 0 Å². The van der Waals surface area contributed by atoms with Crippen molar-refractivity contribution in [3.05, 3.63) is 25.5 Å². The summed E-state index contributed by atoms with van der Waals surface area (Å²) in [6, 6.07) is 0. The highest BCUT2D eigenvalue weighted by molar-refractivity contribution is 7.79. The van der Waals surface area contributed by atoms with Crippen molar-refractivity contribution >= 4 is 10.4 Å². The zero-order valence-corrected chi connectivity index (χ0v) is 8.66. The van der Waals surface area contributed by atoms with E-state index in [2.05, 4.69) is 43.1 Å². The van der Waals surface area contributed by atoms with E-state index < -0.39 is 10.4 Å². The second-order valence-corrected chi connectivity index (χ2v) is 2.45. The van der Waals surface area contributed by atoms with Crippen LogP contribution in [-0.4, -0.2) is 24.1 Å². The molecule has 0 aromatic heterocycles. The molecule has 0 rings (SSSR count). The van der Waals surface area contributed by atoms with Gasteiger partial charge in [-0.2, -0.15) is 13.3 Å². The molecule has 0 saturated heterocycles. The van der Waals surface area contributed by atoms with Gasteiger partial charge in [0.1, 0.15) is 12.9 Å². The number of hydrogen-bond donors (Lipinski definition) is 2. The van der Waals surface area contributed by atoms with Crippen molar-refractivity contribution in [2.75, 3.05) is 6.61 Å². The molecular formula is C5H10O10S. The lowest BCUT2D eigenvalue weighted by atomic mass is 10.7. The maximum Gasteiger partial charge on any atom is 0.394 e. The van der Waals surface area contributed by atoms with Crippen LogP contribution in [0.5, 0.6) is 0 Å². The van der Waals surface area contributed by atoms with Gasteiger partial charge in [0.05, 0.1) is 0 Å². The molecule has 0 aromatic carbocycles. The van der Waals surface area contributed by atoms with Crippen molar-refractivity contribution in [3.8, 4) is 0 Å². The molecular weight excluding hydrogens is 252 g/mol. The number of rotatable bonds is 8. The smallest absolute Gasteiger partial charge is 0.315 e. The molecule has 0 atom stereocenters. The summed E-state index contributed by atoms with van der Waals surface area (Å²) in [5, 5.41) is 15.2. The summed E-state index contributed by atoms with van der Waals surface area (Å²) in [5.74, 6) is 0. The average Bonchev–Trinajstić information content (AvgIpc) is 2.14. The lowest BCUT2D eigenvalue weighted by Crippen LogP contribution is -1.98. The first-order chi connectivity index (χ1) is 7.41. The third-order valence-corrected chi connectivity index (χ3v) is 0.425. The Kier molecular flexibility index (Phi) is 13.0. The molecule has 0 aliphatic carbocycles. The zero-order valence-electron chi connectivity index (χ0n) is 7.84. The van der Waals surface area contributed by atoms with E-state index in [4.69, 9.17) is 17.5 Å². The highest BCUT2D eigenvalue weighted by atomic mass is 32.3. The van der Waals surface area contributed by atoms with Gasteiger partial charge in [-0.3, -0.25) is 9.11 Å². The van der Waals surface area contributed by atoms with Crippen LogP contribution in [0.25, 0.3) is 0 Å². The molecule has 16 heavy (non-hydrogen) atoms. The van der Waals surface area contributed by atoms with Crippen LogP contribution in [-0.2, 0) is 40.3 Å². The van der Waals surface area contributed by atoms with Gasteiger partial charge in [0, 0.05) is 10.1 Å². The Morgan fingerprint density at radius 2 is 1.56 bits per heavy atom. The average molecular weight is 262 g/mol. The molecule has 0 spiro atoms. The van der Waals surface area contributed by atoms with Gasteiger partial charge in [0.2, 0.25) is 0 Å². The van der Waals surface area contributed by atoms with Crippen molar-refractivity contribution in [1.29, 1.82) is 0 Å². The van der Waals surface area contributed by atoms with Crippen LogP contribution in [0.4, 0.5) is 0 Å². The zero-order chi connectivity index (χ0) is 12.9. The highest BCUT2D eigenvalue weighted by Crippen LogP contribution is 1.86. The fraction of sp³-hybridized carbons (Fsp3) is 0.200. The predicted octanol–water partition coefficient (Wildman–Crippen LogP) is 0.338. The summed E-state index contributed by atoms with van der Waals surface area (Å²) in [6.07, 6.45) is 2.43. The fourth-order valence-electron chi connectivity index (χ4n) is 0.162. The summed E-state index contributed by atoms with van der Waals surface area (Å²) >= 11 is 0. The molecule has 0 aromatic rings. The van der Waals surface area contributed by atoms with Crippen LogP contribution < -0.4 is 0 Å². The van der Waals surface area contributed by atoms with Crippen LogP contribution >= 0.6 is 0 Å². The summed E-state index contributed by atoms with van der Waals surface area (Å²) in [7, 11) is -4.67. The van der Waals surface area contributed by atoms with Gasteiger partial charge >= 0.3 is 10.4 Å². The minimum Gasteiger partial charge on any atom is -0.315 e. The van der Waals surface area contributed by atoms with Gasteiger partial charge in [-0.05, 0) is 10.1 Å². The lowest BCUT2D eigenvalue weighted by molar-refractivity contribution is -0.750. The van der Waals surface area contributed by atoms with Gasteiger partial charge in [0.15, 0.2) is 0 Å². The predicted molar refractivity (Wildman–Crippen MR) is 45.9 cm³/mol. The molecule has 2 N–H and O–H groups in total. The van der Waals surface area contributed by atoms with Crippen LogP contribution in [0.3, 0.4) is 0 Å². The van der Waals surface area contributed by atoms with E-state index in [0.717, 1.165) is 6.26 Å². The first kappa shape index (κ1) is 17.3.